The monoisotopic (exact) mass is 374 g/mol. The van der Waals surface area contributed by atoms with Gasteiger partial charge in [0.25, 0.3) is 0 Å². The van der Waals surface area contributed by atoms with E-state index in [1.807, 2.05) is 0 Å². The Hall–Kier alpha value is -1.40. The Kier molecular flexibility index (Phi) is 7.02. The van der Waals surface area contributed by atoms with Crippen LogP contribution in [0.3, 0.4) is 0 Å². The summed E-state index contributed by atoms with van der Waals surface area (Å²) >= 11 is 0. The normalized spacial score (nSPS) is 28.2. The maximum Gasteiger partial charge on any atom is 0.387 e. The molecule has 2 bridgehead atoms. The fourth-order valence-electron chi connectivity index (χ4n) is 4.13. The lowest BCUT2D eigenvalue weighted by Crippen LogP contribution is -2.49. The Morgan fingerprint density at radius 2 is 1.80 bits per heavy atom. The van der Waals surface area contributed by atoms with Gasteiger partial charge in [-0.1, -0.05) is 18.6 Å². The van der Waals surface area contributed by atoms with E-state index in [0.717, 1.165) is 31.2 Å². The van der Waals surface area contributed by atoms with Crippen LogP contribution in [0.4, 0.5) is 8.78 Å². The molecule has 0 saturated heterocycles. The number of benzene rings is 1. The van der Waals surface area contributed by atoms with Gasteiger partial charge < -0.3 is 15.8 Å². The van der Waals surface area contributed by atoms with Crippen LogP contribution in [0.5, 0.6) is 5.75 Å². The minimum Gasteiger partial charge on any atom is -0.435 e. The molecule has 3 N–H and O–H groups in total. The zero-order chi connectivity index (χ0) is 17.1. The first-order chi connectivity index (χ1) is 11.5. The van der Waals surface area contributed by atoms with E-state index in [1.165, 1.54) is 18.6 Å². The number of nitrogens with two attached hydrogens (primary N) is 1. The molecule has 0 spiro atoms. The van der Waals surface area contributed by atoms with Crippen molar-refractivity contribution in [2.75, 3.05) is 0 Å². The summed E-state index contributed by atoms with van der Waals surface area (Å²) in [5.74, 6) is 1.18. The average Bonchev–Trinajstić information content (AvgIpc) is 2.53. The highest BCUT2D eigenvalue weighted by Crippen LogP contribution is 2.41. The third-order valence-electron chi connectivity index (χ3n) is 5.40. The van der Waals surface area contributed by atoms with Crippen molar-refractivity contribution in [2.24, 2.45) is 23.5 Å². The van der Waals surface area contributed by atoms with Crippen molar-refractivity contribution in [3.8, 4) is 5.75 Å². The Balaban J connectivity index is 0.00000225. The molecule has 0 aromatic heterocycles. The Morgan fingerprint density at radius 3 is 2.36 bits per heavy atom. The second kappa shape index (κ2) is 8.81. The van der Waals surface area contributed by atoms with Crippen LogP contribution >= 0.6 is 12.4 Å². The van der Waals surface area contributed by atoms with E-state index >= 15 is 0 Å². The zero-order valence-corrected chi connectivity index (χ0v) is 14.8. The van der Waals surface area contributed by atoms with E-state index in [0.29, 0.717) is 18.4 Å². The van der Waals surface area contributed by atoms with Gasteiger partial charge in [-0.2, -0.15) is 8.78 Å². The fraction of sp³-hybridized carbons (Fsp3) is 0.611. The number of fused-ring (bicyclic) bond motifs is 2. The molecule has 0 aliphatic heterocycles. The molecule has 2 aliphatic rings. The van der Waals surface area contributed by atoms with Gasteiger partial charge >= 0.3 is 6.61 Å². The van der Waals surface area contributed by atoms with Gasteiger partial charge in [0.15, 0.2) is 0 Å². The molecule has 25 heavy (non-hydrogen) atoms. The number of nitrogens with one attached hydrogen (secondary N) is 1. The number of ether oxygens (including phenoxy) is 1. The number of carbonyl (C=O) groups excluding carboxylic acids is 1. The van der Waals surface area contributed by atoms with Gasteiger partial charge in [-0.15, -0.1) is 12.4 Å². The molecule has 0 radical (unpaired) electrons. The Bertz CT molecular complexity index is 557. The lowest BCUT2D eigenvalue weighted by atomic mass is 9.65. The number of carbonyl (C=O) groups is 1. The highest BCUT2D eigenvalue weighted by Gasteiger charge is 2.40. The van der Waals surface area contributed by atoms with Gasteiger partial charge in [-0.25, -0.2) is 0 Å². The molecule has 2 saturated carbocycles. The van der Waals surface area contributed by atoms with Crippen molar-refractivity contribution in [2.45, 2.75) is 51.3 Å². The molecular weight excluding hydrogens is 350 g/mol. The van der Waals surface area contributed by atoms with Gasteiger partial charge in [0.1, 0.15) is 5.75 Å². The molecule has 0 heterocycles. The molecule has 2 fully saturated rings. The third-order valence-corrected chi connectivity index (χ3v) is 5.40. The van der Waals surface area contributed by atoms with Crippen molar-refractivity contribution in [3.63, 3.8) is 0 Å². The first-order valence-corrected chi connectivity index (χ1v) is 8.60. The predicted molar refractivity (Wildman–Crippen MR) is 93.7 cm³/mol. The van der Waals surface area contributed by atoms with E-state index in [4.69, 9.17) is 5.73 Å². The molecule has 1 aromatic carbocycles. The minimum atomic E-state index is -2.83. The number of halogens is 3. The van der Waals surface area contributed by atoms with Crippen LogP contribution < -0.4 is 15.8 Å². The van der Waals surface area contributed by atoms with Crippen LogP contribution in [0.2, 0.25) is 0 Å². The number of amides is 1. The van der Waals surface area contributed by atoms with E-state index < -0.39 is 6.61 Å². The molecule has 2 aliphatic carbocycles. The summed E-state index contributed by atoms with van der Waals surface area (Å²) in [5, 5.41) is 2.96. The van der Waals surface area contributed by atoms with Gasteiger partial charge in [0, 0.05) is 18.5 Å². The smallest absolute Gasteiger partial charge is 0.387 e. The molecular formula is C18H25ClF2N2O2. The summed E-state index contributed by atoms with van der Waals surface area (Å²) in [6.45, 7) is -2.43. The van der Waals surface area contributed by atoms with Crippen molar-refractivity contribution < 1.29 is 18.3 Å². The summed E-state index contributed by atoms with van der Waals surface area (Å²) in [6.07, 6.45) is 5.25. The quantitative estimate of drug-likeness (QED) is 0.829. The van der Waals surface area contributed by atoms with Crippen LogP contribution in [0.15, 0.2) is 24.3 Å². The fourth-order valence-corrected chi connectivity index (χ4v) is 4.13. The largest absolute Gasteiger partial charge is 0.435 e. The zero-order valence-electron chi connectivity index (χ0n) is 14.0. The molecule has 1 aromatic rings. The second-order valence-corrected chi connectivity index (χ2v) is 6.94. The van der Waals surface area contributed by atoms with Gasteiger partial charge in [0.05, 0.1) is 0 Å². The van der Waals surface area contributed by atoms with Crippen LogP contribution in [0.1, 0.15) is 37.7 Å². The van der Waals surface area contributed by atoms with Crippen molar-refractivity contribution in [1.29, 1.82) is 0 Å². The van der Waals surface area contributed by atoms with E-state index in [1.54, 1.807) is 12.1 Å². The van der Waals surface area contributed by atoms with Crippen molar-refractivity contribution in [3.05, 3.63) is 29.8 Å². The third kappa shape index (κ3) is 5.05. The summed E-state index contributed by atoms with van der Waals surface area (Å²) < 4.78 is 28.5. The first kappa shape index (κ1) is 19.9. The van der Waals surface area contributed by atoms with E-state index in [9.17, 15) is 13.6 Å². The van der Waals surface area contributed by atoms with Gasteiger partial charge in [0.2, 0.25) is 5.91 Å². The number of alkyl halides is 2. The topological polar surface area (TPSA) is 64.4 Å². The molecule has 2 atom stereocenters. The molecule has 4 nitrogen and oxygen atoms in total. The highest BCUT2D eigenvalue weighted by atomic mass is 35.5. The SMILES string of the molecule is Cl.NC1C2CCCC1CC(C(=O)NCc1ccc(OC(F)F)cc1)C2. The molecule has 2 unspecified atom stereocenters. The van der Waals surface area contributed by atoms with Crippen LogP contribution in [-0.2, 0) is 11.3 Å². The second-order valence-electron chi connectivity index (χ2n) is 6.94. The predicted octanol–water partition coefficient (Wildman–Crippen LogP) is 3.48. The van der Waals surface area contributed by atoms with Gasteiger partial charge in [-0.05, 0) is 55.2 Å². The number of rotatable bonds is 5. The number of hydrogen-bond acceptors (Lipinski definition) is 3. The molecule has 3 rings (SSSR count). The summed E-state index contributed by atoms with van der Waals surface area (Å²) in [6, 6.07) is 6.59. The number of hydrogen-bond donors (Lipinski definition) is 2. The van der Waals surface area contributed by atoms with Crippen molar-refractivity contribution >= 4 is 18.3 Å². The van der Waals surface area contributed by atoms with Crippen molar-refractivity contribution in [1.82, 2.24) is 5.32 Å². The maximum atomic E-state index is 12.4. The van der Waals surface area contributed by atoms with E-state index in [2.05, 4.69) is 10.1 Å². The van der Waals surface area contributed by atoms with Crippen LogP contribution in [0, 0.1) is 17.8 Å². The summed E-state index contributed by atoms with van der Waals surface area (Å²) in [7, 11) is 0. The lowest BCUT2D eigenvalue weighted by Gasteiger charge is -2.43. The summed E-state index contributed by atoms with van der Waals surface area (Å²) in [4.78, 5) is 12.4. The molecule has 1 amide bonds. The van der Waals surface area contributed by atoms with Crippen LogP contribution in [-0.4, -0.2) is 18.6 Å². The van der Waals surface area contributed by atoms with E-state index in [-0.39, 0.29) is 36.0 Å². The molecule has 7 heteroatoms. The Morgan fingerprint density at radius 1 is 1.20 bits per heavy atom. The highest BCUT2D eigenvalue weighted by molar-refractivity contribution is 5.85. The Labute approximate surface area is 152 Å². The standard InChI is InChI=1S/C18H24F2N2O2.ClH/c19-18(20)24-15-6-4-11(5-7-15)10-22-17(23)14-8-12-2-1-3-13(9-14)16(12)21;/h4-7,12-14,16,18H,1-3,8-10,21H2,(H,22,23);1H. The maximum absolute atomic E-state index is 12.4. The average molecular weight is 375 g/mol. The van der Waals surface area contributed by atoms with Crippen LogP contribution in [0.25, 0.3) is 0 Å². The molecule has 140 valence electrons. The van der Waals surface area contributed by atoms with Gasteiger partial charge in [-0.3, -0.25) is 4.79 Å². The first-order valence-electron chi connectivity index (χ1n) is 8.60. The summed E-state index contributed by atoms with van der Waals surface area (Å²) in [5.41, 5.74) is 7.12. The minimum absolute atomic E-state index is 0. The lowest BCUT2D eigenvalue weighted by molar-refractivity contribution is -0.128.